The van der Waals surface area contributed by atoms with Gasteiger partial charge in [-0.05, 0) is 42.9 Å². The number of hydrogen-bond acceptors (Lipinski definition) is 5. The topological polar surface area (TPSA) is 78.0 Å². The van der Waals surface area contributed by atoms with Gasteiger partial charge in [0.25, 0.3) is 0 Å². The molecule has 0 amide bonds. The van der Waals surface area contributed by atoms with E-state index < -0.39 is 0 Å². The predicted molar refractivity (Wildman–Crippen MR) is 127 cm³/mol. The summed E-state index contributed by atoms with van der Waals surface area (Å²) in [6, 6.07) is 17.1. The van der Waals surface area contributed by atoms with Crippen LogP contribution in [0.4, 0.5) is 5.82 Å². The fourth-order valence-corrected chi connectivity index (χ4v) is 4.06. The van der Waals surface area contributed by atoms with Crippen molar-refractivity contribution >= 4 is 27.8 Å². The number of nitrogens with zero attached hydrogens (tertiary/aromatic N) is 3. The molecule has 0 aliphatic heterocycles. The number of rotatable bonds is 8. The van der Waals surface area contributed by atoms with E-state index in [1.165, 1.54) is 11.1 Å². The number of nitrogens with two attached hydrogens (primary N) is 1. The summed E-state index contributed by atoms with van der Waals surface area (Å²) in [5.41, 5.74) is 15.4. The van der Waals surface area contributed by atoms with Crippen molar-refractivity contribution in [2.45, 2.75) is 39.2 Å². The maximum atomic E-state index is 6.28. The highest BCUT2D eigenvalue weighted by Crippen LogP contribution is 2.30. The number of nitrogens with one attached hydrogen (secondary N) is 1. The van der Waals surface area contributed by atoms with Crippen LogP contribution in [0.1, 0.15) is 37.3 Å². The zero-order chi connectivity index (χ0) is 21.8. The van der Waals surface area contributed by atoms with Gasteiger partial charge >= 0.3 is 0 Å². The molecule has 31 heavy (non-hydrogen) atoms. The average Bonchev–Trinajstić information content (AvgIpc) is 3.19. The van der Waals surface area contributed by atoms with Crippen LogP contribution in [0.2, 0.25) is 0 Å². The molecule has 4 rings (SSSR count). The Labute approximate surface area is 182 Å². The van der Waals surface area contributed by atoms with Gasteiger partial charge < -0.3 is 10.3 Å². The van der Waals surface area contributed by atoms with Crippen LogP contribution >= 0.6 is 0 Å². The molecule has 0 aliphatic rings. The molecule has 0 fully saturated rings. The molecule has 0 saturated heterocycles. The van der Waals surface area contributed by atoms with Crippen molar-refractivity contribution in [3.63, 3.8) is 0 Å². The number of aromatic nitrogens is 3. The number of hydrogen-bond donors (Lipinski definition) is 2. The average molecular weight is 416 g/mol. The molecule has 6 nitrogen and oxygen atoms in total. The van der Waals surface area contributed by atoms with Crippen LogP contribution in [0.3, 0.4) is 0 Å². The minimum atomic E-state index is 0.386. The Morgan fingerprint density at radius 2 is 2.03 bits per heavy atom. The number of imidazole rings is 1. The Morgan fingerprint density at radius 3 is 2.81 bits per heavy atom. The largest absolute Gasteiger partial charge is 0.382 e. The first kappa shape index (κ1) is 20.9. The van der Waals surface area contributed by atoms with Gasteiger partial charge in [0.2, 0.25) is 0 Å². The first-order valence-electron chi connectivity index (χ1n) is 10.6. The summed E-state index contributed by atoms with van der Waals surface area (Å²) in [5.74, 6) is 0.860. The van der Waals surface area contributed by atoms with E-state index in [0.29, 0.717) is 11.7 Å². The lowest BCUT2D eigenvalue weighted by Crippen LogP contribution is -2.08. The lowest BCUT2D eigenvalue weighted by molar-refractivity contribution is 0.118. The summed E-state index contributed by atoms with van der Waals surface area (Å²) in [7, 11) is 1.61. The van der Waals surface area contributed by atoms with Gasteiger partial charge in [0.1, 0.15) is 5.52 Å². The van der Waals surface area contributed by atoms with Crippen LogP contribution in [0.15, 0.2) is 66.6 Å². The molecule has 2 heterocycles. The van der Waals surface area contributed by atoms with Crippen molar-refractivity contribution in [2.24, 2.45) is 0 Å². The molecule has 0 radical (unpaired) electrons. The number of hydroxylamine groups is 1. The van der Waals surface area contributed by atoms with Crippen molar-refractivity contribution in [1.29, 1.82) is 0 Å². The van der Waals surface area contributed by atoms with Crippen molar-refractivity contribution in [3.8, 4) is 0 Å². The highest BCUT2D eigenvalue weighted by molar-refractivity contribution is 6.06. The van der Waals surface area contributed by atoms with Gasteiger partial charge in [-0.3, -0.25) is 10.3 Å². The Hall–Kier alpha value is -3.38. The highest BCUT2D eigenvalue weighted by Gasteiger charge is 2.14. The third-order valence-corrected chi connectivity index (χ3v) is 5.64. The standard InChI is InChI=1S/C25H29N5O/c1-17(14-19-9-5-4-6-10-19)20-11-12-21-22(15-20)28-25(26)23-24(21)30(16-27-23)13-7-8-18(2)29-31-3/h4-6,8-12,15-17,29H,7,13-14H2,1-3H3,(H2,26,28). The molecule has 2 aromatic heterocycles. The lowest BCUT2D eigenvalue weighted by atomic mass is 9.93. The first-order valence-corrected chi connectivity index (χ1v) is 10.6. The van der Waals surface area contributed by atoms with E-state index in [0.717, 1.165) is 47.0 Å². The van der Waals surface area contributed by atoms with Gasteiger partial charge in [0.15, 0.2) is 5.82 Å². The Kier molecular flexibility index (Phi) is 6.18. The van der Waals surface area contributed by atoms with Gasteiger partial charge in [-0.1, -0.05) is 55.5 Å². The summed E-state index contributed by atoms with van der Waals surface area (Å²) in [6.07, 6.45) is 5.79. The minimum Gasteiger partial charge on any atom is -0.382 e. The van der Waals surface area contributed by atoms with Crippen molar-refractivity contribution < 1.29 is 4.84 Å². The zero-order valence-electron chi connectivity index (χ0n) is 18.3. The number of benzene rings is 2. The summed E-state index contributed by atoms with van der Waals surface area (Å²) < 4.78 is 2.15. The second kappa shape index (κ2) is 9.18. The number of anilines is 1. The molecule has 1 unspecified atom stereocenters. The van der Waals surface area contributed by atoms with Gasteiger partial charge in [0.05, 0.1) is 24.5 Å². The molecular weight excluding hydrogens is 386 g/mol. The van der Waals surface area contributed by atoms with Crippen molar-refractivity contribution in [1.82, 2.24) is 20.0 Å². The molecule has 0 aliphatic carbocycles. The van der Waals surface area contributed by atoms with E-state index in [1.807, 2.05) is 13.3 Å². The second-order valence-corrected chi connectivity index (χ2v) is 7.98. The SMILES string of the molecule is CONC(C)=CCCn1cnc2c(N)nc3cc(C(C)Cc4ccccc4)ccc3c21. The van der Waals surface area contributed by atoms with Crippen LogP contribution in [-0.2, 0) is 17.8 Å². The fraction of sp³-hybridized carbons (Fsp3) is 0.280. The van der Waals surface area contributed by atoms with E-state index in [1.54, 1.807) is 7.11 Å². The number of aryl methyl sites for hydroxylation is 1. The van der Waals surface area contributed by atoms with Gasteiger partial charge in [-0.2, -0.15) is 0 Å². The third kappa shape index (κ3) is 4.54. The van der Waals surface area contributed by atoms with E-state index in [9.17, 15) is 0 Å². The van der Waals surface area contributed by atoms with Crippen molar-refractivity contribution in [3.05, 3.63) is 77.8 Å². The molecule has 2 aromatic carbocycles. The number of pyridine rings is 1. The summed E-state index contributed by atoms with van der Waals surface area (Å²) in [6.45, 7) is 5.03. The smallest absolute Gasteiger partial charge is 0.152 e. The van der Waals surface area contributed by atoms with Crippen LogP contribution in [0, 0.1) is 0 Å². The van der Waals surface area contributed by atoms with Crippen molar-refractivity contribution in [2.75, 3.05) is 12.8 Å². The van der Waals surface area contributed by atoms with Gasteiger partial charge in [-0.25, -0.2) is 9.97 Å². The Morgan fingerprint density at radius 1 is 1.23 bits per heavy atom. The molecule has 0 spiro atoms. The highest BCUT2D eigenvalue weighted by atomic mass is 16.6. The van der Waals surface area contributed by atoms with E-state index in [2.05, 4.69) is 81.5 Å². The Bertz CT molecular complexity index is 1210. The molecule has 4 aromatic rings. The van der Waals surface area contributed by atoms with Crippen LogP contribution in [0.25, 0.3) is 21.9 Å². The first-order chi connectivity index (χ1) is 15.1. The molecule has 0 saturated carbocycles. The molecule has 1 atom stereocenters. The Balaban J connectivity index is 1.65. The predicted octanol–water partition coefficient (Wildman–Crippen LogP) is 4.96. The maximum Gasteiger partial charge on any atom is 0.152 e. The van der Waals surface area contributed by atoms with E-state index >= 15 is 0 Å². The quantitative estimate of drug-likeness (QED) is 0.398. The molecule has 160 valence electrons. The monoisotopic (exact) mass is 415 g/mol. The number of allylic oxidation sites excluding steroid dienone is 2. The summed E-state index contributed by atoms with van der Waals surface area (Å²) in [5, 5.41) is 1.08. The minimum absolute atomic E-state index is 0.386. The molecule has 6 heteroatoms. The normalized spacial score (nSPS) is 13.1. The van der Waals surface area contributed by atoms with Gasteiger partial charge in [0, 0.05) is 17.6 Å². The third-order valence-electron chi connectivity index (χ3n) is 5.64. The number of nitrogen functional groups attached to an aromatic ring is 1. The molecular formula is C25H29N5O. The lowest BCUT2D eigenvalue weighted by Gasteiger charge is -2.14. The maximum absolute atomic E-state index is 6.28. The summed E-state index contributed by atoms with van der Waals surface area (Å²) >= 11 is 0. The molecule has 3 N–H and O–H groups in total. The zero-order valence-corrected chi connectivity index (χ0v) is 18.3. The van der Waals surface area contributed by atoms with E-state index in [4.69, 9.17) is 10.6 Å². The van der Waals surface area contributed by atoms with Crippen LogP contribution in [0.5, 0.6) is 0 Å². The summed E-state index contributed by atoms with van der Waals surface area (Å²) in [4.78, 5) is 14.1. The number of fused-ring (bicyclic) bond motifs is 3. The molecule has 0 bridgehead atoms. The fourth-order valence-electron chi connectivity index (χ4n) is 4.06. The van der Waals surface area contributed by atoms with Crippen LogP contribution < -0.4 is 11.2 Å². The van der Waals surface area contributed by atoms with Crippen LogP contribution in [-0.4, -0.2) is 21.6 Å². The second-order valence-electron chi connectivity index (χ2n) is 7.98. The van der Waals surface area contributed by atoms with Gasteiger partial charge in [-0.15, -0.1) is 0 Å². The van der Waals surface area contributed by atoms with E-state index in [-0.39, 0.29) is 0 Å².